The fourth-order valence-electron chi connectivity index (χ4n) is 9.52. The second kappa shape index (κ2) is 20.6. The van der Waals surface area contributed by atoms with Gasteiger partial charge in [-0.2, -0.15) is 0 Å². The molecule has 67 heavy (non-hydrogen) atoms. The molecule has 352 valence electrons. The predicted octanol–water partition coefficient (Wildman–Crippen LogP) is 6.44. The van der Waals surface area contributed by atoms with Crippen LogP contribution in [0.3, 0.4) is 0 Å². The second-order valence-corrected chi connectivity index (χ2v) is 17.8. The molecule has 0 atom stereocenters. The number of fused-ring (bicyclic) bond motifs is 8. The Kier molecular flexibility index (Phi) is 14.7. The zero-order valence-corrected chi connectivity index (χ0v) is 38.3. The van der Waals surface area contributed by atoms with Crippen LogP contribution in [0.2, 0.25) is 0 Å². The van der Waals surface area contributed by atoms with E-state index in [9.17, 15) is 48.9 Å². The van der Waals surface area contributed by atoms with E-state index in [0.717, 1.165) is 57.4 Å². The van der Waals surface area contributed by atoms with Crippen LogP contribution in [-0.2, 0) is 46.4 Å². The van der Waals surface area contributed by atoms with Gasteiger partial charge in [-0.3, -0.25) is 38.5 Å². The molecule has 1 aliphatic carbocycles. The van der Waals surface area contributed by atoms with Crippen molar-refractivity contribution >= 4 is 85.9 Å². The molecular formula is C50H57N7O10. The highest BCUT2D eigenvalue weighted by molar-refractivity contribution is 6.12. The molecule has 3 aromatic heterocycles. The molecule has 0 unspecified atom stereocenters. The first-order chi connectivity index (χ1) is 32.0. The summed E-state index contributed by atoms with van der Waals surface area (Å²) in [6.07, 6.45) is 6.12. The summed E-state index contributed by atoms with van der Waals surface area (Å²) in [4.78, 5) is 104. The van der Waals surface area contributed by atoms with Gasteiger partial charge in [-0.25, -0.2) is 9.97 Å². The summed E-state index contributed by atoms with van der Waals surface area (Å²) < 4.78 is 0. The molecule has 6 heterocycles. The summed E-state index contributed by atoms with van der Waals surface area (Å²) in [5.41, 5.74) is 11.4. The predicted molar refractivity (Wildman–Crippen MR) is 251 cm³/mol. The molecule has 17 nitrogen and oxygen atoms in total. The van der Waals surface area contributed by atoms with E-state index in [4.69, 9.17) is 9.97 Å². The quantitative estimate of drug-likeness (QED) is 0.0537. The Morgan fingerprint density at radius 3 is 1.63 bits per heavy atom. The molecule has 0 saturated heterocycles. The van der Waals surface area contributed by atoms with E-state index in [2.05, 4.69) is 20.6 Å². The SMILES string of the molecule is CC1=C(CCC(=O)O)c2cc3nc(cc4[nH]c(cc5[nH]c(cc1n2)c(CCC(=O)O)c5C)c(CCC(=O)NCCNC(=O)C1CCC(CN2C(=O)C=CC2=O)CC1)c4C)C(CCC(=O)O)=C3C. The van der Waals surface area contributed by atoms with E-state index in [1.54, 1.807) is 0 Å². The van der Waals surface area contributed by atoms with E-state index in [-0.39, 0.29) is 93.5 Å². The highest BCUT2D eigenvalue weighted by Crippen LogP contribution is 2.38. The largest absolute Gasteiger partial charge is 0.481 e. The number of rotatable bonds is 18. The Morgan fingerprint density at radius 2 is 1.06 bits per heavy atom. The topological polar surface area (TPSA) is 265 Å². The lowest BCUT2D eigenvalue weighted by Gasteiger charge is -2.30. The Labute approximate surface area is 386 Å². The number of hydrogen-bond acceptors (Lipinski definition) is 9. The minimum atomic E-state index is -0.955. The molecular weight excluding hydrogens is 859 g/mol. The van der Waals surface area contributed by atoms with Crippen LogP contribution in [0.4, 0.5) is 0 Å². The van der Waals surface area contributed by atoms with Gasteiger partial charge < -0.3 is 35.9 Å². The Balaban J connectivity index is 1.16. The number of carboxylic acid groups (broad SMARTS) is 3. The van der Waals surface area contributed by atoms with Crippen LogP contribution < -0.4 is 10.6 Å². The maximum atomic E-state index is 13.3. The Morgan fingerprint density at radius 1 is 0.597 bits per heavy atom. The number of nitrogens with one attached hydrogen (secondary N) is 4. The van der Waals surface area contributed by atoms with E-state index >= 15 is 0 Å². The van der Waals surface area contributed by atoms with Crippen LogP contribution >= 0.6 is 0 Å². The third-order valence-electron chi connectivity index (χ3n) is 13.5. The number of amides is 4. The normalized spacial score (nSPS) is 17.1. The van der Waals surface area contributed by atoms with Crippen molar-refractivity contribution in [3.63, 3.8) is 0 Å². The number of aryl methyl sites for hydroxylation is 4. The smallest absolute Gasteiger partial charge is 0.303 e. The number of hydrogen-bond donors (Lipinski definition) is 7. The summed E-state index contributed by atoms with van der Waals surface area (Å²) in [6.45, 7) is 8.47. The summed E-state index contributed by atoms with van der Waals surface area (Å²) >= 11 is 0. The van der Waals surface area contributed by atoms with Crippen molar-refractivity contribution in [2.45, 2.75) is 105 Å². The number of allylic oxidation sites excluding steroid dienone is 4. The summed E-state index contributed by atoms with van der Waals surface area (Å²) in [5, 5.41) is 34.8. The van der Waals surface area contributed by atoms with Crippen LogP contribution in [0.25, 0.3) is 44.4 Å². The monoisotopic (exact) mass is 915 g/mol. The van der Waals surface area contributed by atoms with Gasteiger partial charge in [-0.15, -0.1) is 0 Å². The average molecular weight is 916 g/mol. The first-order valence-electron chi connectivity index (χ1n) is 22.8. The number of aromatic amines is 2. The van der Waals surface area contributed by atoms with Crippen LogP contribution in [0.5, 0.6) is 0 Å². The fraction of sp³-hybridized carbons (Fsp3) is 0.420. The summed E-state index contributed by atoms with van der Waals surface area (Å²) in [5.74, 6) is -3.76. The number of aliphatic carboxylic acids is 3. The lowest BCUT2D eigenvalue weighted by molar-refractivity contribution is -0.139. The van der Waals surface area contributed by atoms with Crippen molar-refractivity contribution in [3.8, 4) is 0 Å². The summed E-state index contributed by atoms with van der Waals surface area (Å²) in [6, 6.07) is 7.49. The molecule has 4 amide bonds. The number of carboxylic acids is 3. The minimum Gasteiger partial charge on any atom is -0.481 e. The first kappa shape index (κ1) is 47.8. The van der Waals surface area contributed by atoms with Gasteiger partial charge in [0.25, 0.3) is 11.8 Å². The second-order valence-electron chi connectivity index (χ2n) is 17.8. The van der Waals surface area contributed by atoms with Gasteiger partial charge in [0.1, 0.15) is 0 Å². The maximum Gasteiger partial charge on any atom is 0.303 e. The van der Waals surface area contributed by atoms with Crippen molar-refractivity contribution in [2.75, 3.05) is 19.6 Å². The van der Waals surface area contributed by atoms with Crippen molar-refractivity contribution in [1.29, 1.82) is 0 Å². The molecule has 0 spiro atoms. The highest BCUT2D eigenvalue weighted by atomic mass is 16.4. The highest BCUT2D eigenvalue weighted by Gasteiger charge is 2.31. The number of aromatic nitrogens is 4. The number of imide groups is 1. The molecule has 0 aromatic carbocycles. The molecule has 1 fully saturated rings. The molecule has 0 radical (unpaired) electrons. The number of H-pyrrole nitrogens is 2. The van der Waals surface area contributed by atoms with Crippen molar-refractivity contribution in [3.05, 3.63) is 81.4 Å². The number of carbonyl (C=O) groups excluding carboxylic acids is 4. The number of nitrogens with zero attached hydrogens (tertiary/aromatic N) is 3. The van der Waals surface area contributed by atoms with Crippen molar-refractivity contribution < 1.29 is 48.9 Å². The van der Waals surface area contributed by atoms with Crippen LogP contribution in [-0.4, -0.2) is 101 Å². The van der Waals surface area contributed by atoms with E-state index in [1.807, 2.05) is 52.0 Å². The lowest BCUT2D eigenvalue weighted by Crippen LogP contribution is -2.40. The van der Waals surface area contributed by atoms with Gasteiger partial charge in [0.05, 0.1) is 22.8 Å². The van der Waals surface area contributed by atoms with Crippen molar-refractivity contribution in [2.24, 2.45) is 11.8 Å². The van der Waals surface area contributed by atoms with Gasteiger partial charge in [-0.05, 0) is 154 Å². The number of carbonyl (C=O) groups is 7. The first-order valence-corrected chi connectivity index (χ1v) is 22.8. The van der Waals surface area contributed by atoms with Gasteiger partial charge in [0.15, 0.2) is 0 Å². The third-order valence-corrected chi connectivity index (χ3v) is 13.5. The van der Waals surface area contributed by atoms with E-state index < -0.39 is 17.9 Å². The molecule has 3 aromatic rings. The van der Waals surface area contributed by atoms with Gasteiger partial charge in [0.2, 0.25) is 11.8 Å². The van der Waals surface area contributed by atoms with Crippen LogP contribution in [0.1, 0.15) is 123 Å². The standard InChI is InChI=1S/C50H57N7O10/c1-26-32(9-13-44(58)51-19-20-52-50(67)31-7-5-30(6-8-31)25-57-45(59)14-15-46(57)60)40-21-37-27(2)33(10-16-47(61)62)42(54-37)23-39-29(4)35(12-18-49(65)66)43(56-39)24-38-28(3)34(11-17-48(63)64)41(55-38)22-36(26)53-40/h14-15,21-24,30-31,53-54H,5-13,16-20,25H2,1-4H3,(H,51,58)(H,52,67)(H,61,62)(H,63,64)(H,65,66). The third kappa shape index (κ3) is 11.1. The lowest BCUT2D eigenvalue weighted by atomic mass is 9.81. The molecule has 3 aliphatic heterocycles. The van der Waals surface area contributed by atoms with Gasteiger partial charge in [-0.1, -0.05) is 0 Å². The molecule has 1 saturated carbocycles. The minimum absolute atomic E-state index is 0.0836. The van der Waals surface area contributed by atoms with E-state index in [1.165, 1.54) is 17.1 Å². The van der Waals surface area contributed by atoms with E-state index in [0.29, 0.717) is 70.6 Å². The molecule has 4 aliphatic rings. The zero-order chi connectivity index (χ0) is 48.1. The molecule has 17 heteroatoms. The molecule has 7 rings (SSSR count). The zero-order valence-electron chi connectivity index (χ0n) is 38.3. The van der Waals surface area contributed by atoms with Crippen molar-refractivity contribution in [1.82, 2.24) is 35.5 Å². The molecule has 7 N–H and O–H groups in total. The van der Waals surface area contributed by atoms with Gasteiger partial charge >= 0.3 is 17.9 Å². The summed E-state index contributed by atoms with van der Waals surface area (Å²) in [7, 11) is 0. The Bertz CT molecular complexity index is 2800. The Hall–Kier alpha value is -7.17. The van der Waals surface area contributed by atoms with Crippen LogP contribution in [0.15, 0.2) is 36.4 Å². The fourth-order valence-corrected chi connectivity index (χ4v) is 9.52. The van der Waals surface area contributed by atoms with Crippen LogP contribution in [0, 0.1) is 25.7 Å². The van der Waals surface area contributed by atoms with Gasteiger partial charge in [0, 0.05) is 85.5 Å². The average Bonchev–Trinajstić information content (AvgIpc) is 4.02. The maximum absolute atomic E-state index is 13.3. The molecule has 8 bridgehead atoms.